The fourth-order valence-corrected chi connectivity index (χ4v) is 2.70. The number of nitrogens with zero attached hydrogens (tertiary/aromatic N) is 1. The summed E-state index contributed by atoms with van der Waals surface area (Å²) in [4.78, 5) is 13.8. The zero-order chi connectivity index (χ0) is 15.3. The van der Waals surface area contributed by atoms with E-state index in [-0.39, 0.29) is 17.4 Å². The molecular weight excluding hydrogens is 280 g/mol. The van der Waals surface area contributed by atoms with Gasteiger partial charge in [-0.25, -0.2) is 13.6 Å². The van der Waals surface area contributed by atoms with Crippen LogP contribution in [0.3, 0.4) is 0 Å². The van der Waals surface area contributed by atoms with Crippen LogP contribution in [-0.4, -0.2) is 39.4 Å². The van der Waals surface area contributed by atoms with Crippen molar-refractivity contribution in [3.63, 3.8) is 0 Å². The first-order chi connectivity index (χ1) is 9.35. The summed E-state index contributed by atoms with van der Waals surface area (Å²) >= 11 is 0. The van der Waals surface area contributed by atoms with Gasteiger partial charge in [-0.1, -0.05) is 6.07 Å². The molecule has 112 valence electrons. The number of nitrogens with two attached hydrogens (primary N) is 1. The summed E-state index contributed by atoms with van der Waals surface area (Å²) in [6.07, 6.45) is 0. The van der Waals surface area contributed by atoms with Crippen molar-refractivity contribution < 1.29 is 17.9 Å². The van der Waals surface area contributed by atoms with Crippen LogP contribution in [0, 0.1) is 0 Å². The molecule has 0 aliphatic heterocycles. The minimum Gasteiger partial charge on any atom is -0.380 e. The van der Waals surface area contributed by atoms with Gasteiger partial charge in [-0.15, -0.1) is 0 Å². The molecule has 1 aromatic carbocycles. The molecule has 0 heterocycles. The van der Waals surface area contributed by atoms with E-state index in [1.54, 1.807) is 17.0 Å². The molecule has 20 heavy (non-hydrogen) atoms. The molecule has 0 aliphatic rings. The normalized spacial score (nSPS) is 11.4. The fraction of sp³-hybridized carbons (Fsp3) is 0.462. The highest BCUT2D eigenvalue weighted by Gasteiger charge is 2.19. The monoisotopic (exact) mass is 300 g/mol. The molecule has 0 saturated carbocycles. The molecule has 0 fully saturated rings. The lowest BCUT2D eigenvalue weighted by Crippen LogP contribution is -2.30. The number of benzene rings is 1. The minimum absolute atomic E-state index is 0.0719. The Morgan fingerprint density at radius 1 is 1.30 bits per heavy atom. The Hall–Kier alpha value is -1.44. The third kappa shape index (κ3) is 3.78. The largest absolute Gasteiger partial charge is 0.380 e. The van der Waals surface area contributed by atoms with Gasteiger partial charge >= 0.3 is 0 Å². The topological polar surface area (TPSA) is 89.7 Å². The van der Waals surface area contributed by atoms with Gasteiger partial charge in [0, 0.05) is 25.8 Å². The van der Waals surface area contributed by atoms with Gasteiger partial charge in [-0.3, -0.25) is 4.79 Å². The van der Waals surface area contributed by atoms with E-state index in [0.29, 0.717) is 24.2 Å². The molecule has 7 heteroatoms. The smallest absolute Gasteiger partial charge is 0.253 e. The van der Waals surface area contributed by atoms with Crippen LogP contribution in [0.5, 0.6) is 0 Å². The molecule has 0 aliphatic carbocycles. The Balaban J connectivity index is 3.29. The summed E-state index contributed by atoms with van der Waals surface area (Å²) in [5.74, 6) is -0.219. The molecule has 2 N–H and O–H groups in total. The van der Waals surface area contributed by atoms with E-state index in [1.807, 2.05) is 13.8 Å². The zero-order valence-electron chi connectivity index (χ0n) is 11.9. The average molecular weight is 300 g/mol. The first kappa shape index (κ1) is 16.6. The maximum Gasteiger partial charge on any atom is 0.253 e. The number of sulfonamides is 1. The van der Waals surface area contributed by atoms with E-state index in [1.165, 1.54) is 13.2 Å². The van der Waals surface area contributed by atoms with Gasteiger partial charge in [-0.05, 0) is 31.5 Å². The maximum absolute atomic E-state index is 12.2. The molecule has 0 aromatic heterocycles. The van der Waals surface area contributed by atoms with Gasteiger partial charge in [0.1, 0.15) is 0 Å². The van der Waals surface area contributed by atoms with Gasteiger partial charge in [0.25, 0.3) is 5.91 Å². The quantitative estimate of drug-likeness (QED) is 0.847. The number of methoxy groups -OCH3 is 1. The molecule has 1 aromatic rings. The predicted octanol–water partition coefficient (Wildman–Crippen LogP) is 0.962. The van der Waals surface area contributed by atoms with Gasteiger partial charge in [0.05, 0.1) is 11.5 Å². The summed E-state index contributed by atoms with van der Waals surface area (Å²) in [5, 5.41) is 5.19. The van der Waals surface area contributed by atoms with Crippen molar-refractivity contribution in [2.24, 2.45) is 5.14 Å². The average Bonchev–Trinajstić information content (AvgIpc) is 2.39. The van der Waals surface area contributed by atoms with E-state index in [2.05, 4.69) is 0 Å². The molecule has 0 bridgehead atoms. The summed E-state index contributed by atoms with van der Waals surface area (Å²) < 4.78 is 28.2. The molecule has 0 radical (unpaired) electrons. The molecule has 1 rings (SSSR count). The lowest BCUT2D eigenvalue weighted by Gasteiger charge is -2.19. The highest BCUT2D eigenvalue weighted by Crippen LogP contribution is 2.18. The third-order valence-electron chi connectivity index (χ3n) is 2.97. The first-order valence-corrected chi connectivity index (χ1v) is 7.83. The molecule has 0 atom stereocenters. The van der Waals surface area contributed by atoms with Gasteiger partial charge in [0.15, 0.2) is 0 Å². The second-order valence-corrected chi connectivity index (χ2v) is 5.81. The molecule has 6 nitrogen and oxygen atoms in total. The molecule has 0 unspecified atom stereocenters. The number of hydrogen-bond acceptors (Lipinski definition) is 4. The van der Waals surface area contributed by atoms with Crippen molar-refractivity contribution in [3.05, 3.63) is 29.3 Å². The van der Waals surface area contributed by atoms with Crippen molar-refractivity contribution >= 4 is 15.9 Å². The Labute approximate surface area is 119 Å². The highest BCUT2D eigenvalue weighted by atomic mass is 32.2. The lowest BCUT2D eigenvalue weighted by atomic mass is 10.1. The number of hydrogen-bond donors (Lipinski definition) is 1. The van der Waals surface area contributed by atoms with Gasteiger partial charge < -0.3 is 9.64 Å². The van der Waals surface area contributed by atoms with E-state index in [0.717, 1.165) is 0 Å². The predicted molar refractivity (Wildman–Crippen MR) is 75.8 cm³/mol. The van der Waals surface area contributed by atoms with Gasteiger partial charge in [-0.2, -0.15) is 0 Å². The second-order valence-electron chi connectivity index (χ2n) is 4.28. The van der Waals surface area contributed by atoms with Crippen LogP contribution in [0.1, 0.15) is 29.8 Å². The SMILES string of the molecule is CCN(CC)C(=O)c1ccc(COC)c(S(N)(=O)=O)c1. The zero-order valence-corrected chi connectivity index (χ0v) is 12.7. The Kier molecular flexibility index (Phi) is 5.67. The third-order valence-corrected chi connectivity index (χ3v) is 3.96. The number of rotatable bonds is 6. The number of carbonyl (C=O) groups excluding carboxylic acids is 1. The first-order valence-electron chi connectivity index (χ1n) is 6.29. The summed E-state index contributed by atoms with van der Waals surface area (Å²) in [6, 6.07) is 4.45. The minimum atomic E-state index is -3.90. The lowest BCUT2D eigenvalue weighted by molar-refractivity contribution is 0.0772. The number of ether oxygens (including phenoxy) is 1. The van der Waals surface area contributed by atoms with Crippen LogP contribution in [0.2, 0.25) is 0 Å². The molecule has 0 saturated heterocycles. The number of carbonyl (C=O) groups is 1. The van der Waals surface area contributed by atoms with Crippen LogP contribution in [0.25, 0.3) is 0 Å². The Bertz CT molecular complexity index is 580. The number of primary sulfonamides is 1. The summed E-state index contributed by atoms with van der Waals surface area (Å²) in [7, 11) is -2.44. The van der Waals surface area contributed by atoms with Crippen molar-refractivity contribution in [2.75, 3.05) is 20.2 Å². The van der Waals surface area contributed by atoms with E-state index in [9.17, 15) is 13.2 Å². The summed E-state index contributed by atoms with van der Waals surface area (Å²) in [5.41, 5.74) is 0.740. The van der Waals surface area contributed by atoms with Crippen molar-refractivity contribution in [1.82, 2.24) is 4.90 Å². The Morgan fingerprint density at radius 3 is 2.35 bits per heavy atom. The van der Waals surface area contributed by atoms with Crippen molar-refractivity contribution in [2.45, 2.75) is 25.3 Å². The van der Waals surface area contributed by atoms with Crippen LogP contribution in [-0.2, 0) is 21.4 Å². The van der Waals surface area contributed by atoms with Crippen LogP contribution >= 0.6 is 0 Å². The highest BCUT2D eigenvalue weighted by molar-refractivity contribution is 7.89. The molecule has 1 amide bonds. The molecule has 0 spiro atoms. The van der Waals surface area contributed by atoms with E-state index >= 15 is 0 Å². The van der Waals surface area contributed by atoms with Crippen LogP contribution in [0.15, 0.2) is 23.1 Å². The maximum atomic E-state index is 12.2. The van der Waals surface area contributed by atoms with Gasteiger partial charge in [0.2, 0.25) is 10.0 Å². The van der Waals surface area contributed by atoms with E-state index in [4.69, 9.17) is 9.88 Å². The fourth-order valence-electron chi connectivity index (χ4n) is 1.92. The van der Waals surface area contributed by atoms with Crippen molar-refractivity contribution in [1.29, 1.82) is 0 Å². The van der Waals surface area contributed by atoms with Crippen molar-refractivity contribution in [3.8, 4) is 0 Å². The molecular formula is C13H20N2O4S. The van der Waals surface area contributed by atoms with Crippen LogP contribution in [0.4, 0.5) is 0 Å². The Morgan fingerprint density at radius 2 is 1.90 bits per heavy atom. The summed E-state index contributed by atoms with van der Waals surface area (Å²) in [6.45, 7) is 4.95. The van der Waals surface area contributed by atoms with E-state index < -0.39 is 10.0 Å². The second kappa shape index (κ2) is 6.83. The number of amides is 1. The van der Waals surface area contributed by atoms with Crippen LogP contribution < -0.4 is 5.14 Å². The standard InChI is InChI=1S/C13H20N2O4S/c1-4-15(5-2)13(16)10-6-7-11(9-19-3)12(8-10)20(14,17)18/h6-8H,4-5,9H2,1-3H3,(H2,14,17,18).